The van der Waals surface area contributed by atoms with E-state index in [0.29, 0.717) is 17.4 Å². The zero-order valence-corrected chi connectivity index (χ0v) is 36.6. The molecule has 0 radical (unpaired) electrons. The van der Waals surface area contributed by atoms with E-state index in [2.05, 4.69) is 55.6 Å². The number of likely N-dealkylation sites (N-methyl/N-ethyl adjacent to an activating group) is 1. The number of allylic oxidation sites excluding steroid dienone is 7. The second kappa shape index (κ2) is 37.1. The van der Waals surface area contributed by atoms with Crippen LogP contribution in [0, 0.1) is 0 Å². The molecule has 0 rings (SSSR count). The highest BCUT2D eigenvalue weighted by Crippen LogP contribution is 2.43. The summed E-state index contributed by atoms with van der Waals surface area (Å²) in [6.07, 6.45) is 46.0. The van der Waals surface area contributed by atoms with Gasteiger partial charge in [-0.3, -0.25) is 13.8 Å². The third-order valence-electron chi connectivity index (χ3n) is 9.55. The summed E-state index contributed by atoms with van der Waals surface area (Å²) in [5.41, 5.74) is 0. The van der Waals surface area contributed by atoms with E-state index in [9.17, 15) is 19.4 Å². The Morgan fingerprint density at radius 2 is 1.11 bits per heavy atom. The van der Waals surface area contributed by atoms with Gasteiger partial charge in [0.2, 0.25) is 5.91 Å². The maximum atomic E-state index is 12.9. The van der Waals surface area contributed by atoms with Crippen molar-refractivity contribution in [1.82, 2.24) is 5.32 Å². The molecule has 1 amide bonds. The molecule has 0 saturated carbocycles. The van der Waals surface area contributed by atoms with E-state index in [4.69, 9.17) is 9.05 Å². The topological polar surface area (TPSA) is 105 Å². The fourth-order valence-corrected chi connectivity index (χ4v) is 6.79. The molecule has 0 aliphatic heterocycles. The lowest BCUT2D eigenvalue weighted by molar-refractivity contribution is -0.870. The SMILES string of the molecule is CC/C=C\C/C=C\C/C=C\CCCCCCCCCC(=O)NC(COP(=O)(O)OCC[N+](C)(C)C)C(O)/C=C/CCCCCCCCCCCCCCC. The second-order valence-corrected chi connectivity index (χ2v) is 17.5. The Labute approximate surface area is 333 Å². The number of phosphoric ester groups is 1. The number of nitrogens with one attached hydrogen (secondary N) is 1. The van der Waals surface area contributed by atoms with Crippen LogP contribution in [0.3, 0.4) is 0 Å². The van der Waals surface area contributed by atoms with Crippen molar-refractivity contribution in [2.24, 2.45) is 0 Å². The van der Waals surface area contributed by atoms with Crippen molar-refractivity contribution in [3.63, 3.8) is 0 Å². The summed E-state index contributed by atoms with van der Waals surface area (Å²) in [7, 11) is 1.56. The summed E-state index contributed by atoms with van der Waals surface area (Å²) in [6, 6.07) is -0.851. The Balaban J connectivity index is 4.46. The van der Waals surface area contributed by atoms with Crippen LogP contribution in [-0.2, 0) is 18.4 Å². The molecule has 0 aromatic rings. The second-order valence-electron chi connectivity index (χ2n) is 16.0. The Bertz CT molecular complexity index is 1020. The highest BCUT2D eigenvalue weighted by atomic mass is 31.2. The minimum absolute atomic E-state index is 0.0579. The first-order valence-electron chi connectivity index (χ1n) is 22.0. The fourth-order valence-electron chi connectivity index (χ4n) is 6.05. The van der Waals surface area contributed by atoms with E-state index in [-0.39, 0.29) is 19.1 Å². The molecule has 3 N–H and O–H groups in total. The van der Waals surface area contributed by atoms with Crippen LogP contribution in [0.15, 0.2) is 48.6 Å². The Morgan fingerprint density at radius 3 is 1.63 bits per heavy atom. The minimum atomic E-state index is -4.34. The van der Waals surface area contributed by atoms with Gasteiger partial charge in [-0.25, -0.2) is 4.57 Å². The first kappa shape index (κ1) is 52.5. The lowest BCUT2D eigenvalue weighted by atomic mass is 10.0. The van der Waals surface area contributed by atoms with Gasteiger partial charge in [-0.15, -0.1) is 0 Å². The van der Waals surface area contributed by atoms with Crippen LogP contribution in [0.5, 0.6) is 0 Å². The summed E-state index contributed by atoms with van der Waals surface area (Å²) in [5.74, 6) is -0.190. The van der Waals surface area contributed by atoms with Gasteiger partial charge in [0.1, 0.15) is 13.2 Å². The van der Waals surface area contributed by atoms with Gasteiger partial charge in [0.15, 0.2) is 0 Å². The lowest BCUT2D eigenvalue weighted by Gasteiger charge is -2.25. The third kappa shape index (κ3) is 38.7. The predicted molar refractivity (Wildman–Crippen MR) is 231 cm³/mol. The van der Waals surface area contributed by atoms with Crippen LogP contribution in [0.2, 0.25) is 0 Å². The quantitative estimate of drug-likeness (QED) is 0.0248. The number of rotatable bonds is 39. The van der Waals surface area contributed by atoms with E-state index in [1.165, 1.54) is 96.3 Å². The number of nitrogens with zero attached hydrogens (tertiary/aromatic N) is 1. The van der Waals surface area contributed by atoms with Crippen molar-refractivity contribution >= 4 is 13.7 Å². The average Bonchev–Trinajstić information content (AvgIpc) is 3.12. The molecule has 54 heavy (non-hydrogen) atoms. The van der Waals surface area contributed by atoms with E-state index in [0.717, 1.165) is 64.2 Å². The van der Waals surface area contributed by atoms with E-state index in [1.807, 2.05) is 27.2 Å². The lowest BCUT2D eigenvalue weighted by Crippen LogP contribution is -2.45. The molecule has 3 atom stereocenters. The van der Waals surface area contributed by atoms with Gasteiger partial charge in [0.05, 0.1) is 39.9 Å². The van der Waals surface area contributed by atoms with Crippen LogP contribution in [-0.4, -0.2) is 73.4 Å². The van der Waals surface area contributed by atoms with Crippen molar-refractivity contribution < 1.29 is 32.9 Å². The molecule has 0 bridgehead atoms. The van der Waals surface area contributed by atoms with E-state index in [1.54, 1.807) is 6.08 Å². The number of aliphatic hydroxyl groups is 1. The molecule has 9 heteroatoms. The largest absolute Gasteiger partial charge is 0.472 e. The monoisotopic (exact) mass is 782 g/mol. The van der Waals surface area contributed by atoms with Gasteiger partial charge in [0, 0.05) is 6.42 Å². The molecule has 0 fully saturated rings. The molecule has 0 saturated heterocycles. The van der Waals surface area contributed by atoms with Gasteiger partial charge in [-0.2, -0.15) is 0 Å². The zero-order chi connectivity index (χ0) is 40.0. The number of unbranched alkanes of at least 4 members (excludes halogenated alkanes) is 20. The first-order chi connectivity index (χ1) is 26.0. The standard InChI is InChI=1S/C45H85N2O6P/c1-6-8-10-12-14-16-18-20-22-23-25-27-29-31-33-35-37-39-45(49)46-43(42-53-54(50,51)52-41-40-47(3,4)5)44(48)38-36-34-32-30-28-26-24-21-19-17-15-13-11-9-7-2/h8,10,14,16,20,22,36,38,43-44,48H,6-7,9,11-13,15,17-19,21,23-35,37,39-42H2,1-5H3,(H-,46,49,50,51)/p+1/b10-8-,16-14-,22-20-,38-36+. The van der Waals surface area contributed by atoms with E-state index < -0.39 is 20.0 Å². The molecular formula is C45H86N2O6P+. The molecule has 8 nitrogen and oxygen atoms in total. The highest BCUT2D eigenvalue weighted by Gasteiger charge is 2.27. The van der Waals surface area contributed by atoms with Gasteiger partial charge < -0.3 is 19.8 Å². The first-order valence-corrected chi connectivity index (χ1v) is 23.5. The van der Waals surface area contributed by atoms with Gasteiger partial charge in [0.25, 0.3) is 0 Å². The fraction of sp³-hybridized carbons (Fsp3) is 0.800. The number of phosphoric acid groups is 1. The summed E-state index contributed by atoms with van der Waals surface area (Å²) in [5, 5.41) is 13.8. The number of hydrogen-bond donors (Lipinski definition) is 3. The molecular weight excluding hydrogens is 695 g/mol. The van der Waals surface area contributed by atoms with Crippen LogP contribution in [0.1, 0.15) is 181 Å². The number of aliphatic hydroxyl groups excluding tert-OH is 1. The van der Waals surface area contributed by atoms with Gasteiger partial charge in [-0.05, 0) is 51.4 Å². The van der Waals surface area contributed by atoms with Crippen molar-refractivity contribution in [3.05, 3.63) is 48.6 Å². The Kier molecular flexibility index (Phi) is 36.0. The number of carbonyl (C=O) groups excluding carboxylic acids is 1. The maximum absolute atomic E-state index is 12.9. The Hall–Kier alpha value is -1.54. The average molecular weight is 782 g/mol. The van der Waals surface area contributed by atoms with Crippen LogP contribution in [0.4, 0.5) is 0 Å². The maximum Gasteiger partial charge on any atom is 0.472 e. The van der Waals surface area contributed by atoms with Crippen molar-refractivity contribution in [3.8, 4) is 0 Å². The molecule has 3 unspecified atom stereocenters. The molecule has 0 aliphatic carbocycles. The van der Waals surface area contributed by atoms with Crippen molar-refractivity contribution in [2.45, 2.75) is 193 Å². The number of quaternary nitrogens is 1. The number of hydrogen-bond acceptors (Lipinski definition) is 5. The van der Waals surface area contributed by atoms with Crippen molar-refractivity contribution in [1.29, 1.82) is 0 Å². The van der Waals surface area contributed by atoms with Gasteiger partial charge >= 0.3 is 7.82 Å². The summed E-state index contributed by atoms with van der Waals surface area (Å²) < 4.78 is 23.5. The van der Waals surface area contributed by atoms with Crippen LogP contribution < -0.4 is 5.32 Å². The molecule has 0 aliphatic rings. The number of amides is 1. The summed E-state index contributed by atoms with van der Waals surface area (Å²) in [6.45, 7) is 4.68. The van der Waals surface area contributed by atoms with E-state index >= 15 is 0 Å². The van der Waals surface area contributed by atoms with Gasteiger partial charge in [-0.1, -0.05) is 172 Å². The smallest absolute Gasteiger partial charge is 0.387 e. The summed E-state index contributed by atoms with van der Waals surface area (Å²) >= 11 is 0. The third-order valence-corrected chi connectivity index (χ3v) is 10.5. The normalized spacial score (nSPS) is 14.9. The predicted octanol–water partition coefficient (Wildman–Crippen LogP) is 12.1. The van der Waals surface area contributed by atoms with Crippen LogP contribution in [0.25, 0.3) is 0 Å². The zero-order valence-electron chi connectivity index (χ0n) is 35.7. The Morgan fingerprint density at radius 1 is 0.648 bits per heavy atom. The molecule has 0 spiro atoms. The van der Waals surface area contributed by atoms with Crippen LogP contribution >= 0.6 is 7.82 Å². The summed E-state index contributed by atoms with van der Waals surface area (Å²) in [4.78, 5) is 23.1. The molecule has 316 valence electrons. The van der Waals surface area contributed by atoms with Crippen molar-refractivity contribution in [2.75, 3.05) is 40.9 Å². The molecule has 0 heterocycles. The molecule has 0 aromatic carbocycles. The number of carbonyl (C=O) groups is 1. The highest BCUT2D eigenvalue weighted by molar-refractivity contribution is 7.47. The minimum Gasteiger partial charge on any atom is -0.387 e. The molecule has 0 aromatic heterocycles.